The number of halogens is 1. The summed E-state index contributed by atoms with van der Waals surface area (Å²) >= 11 is 7.03. The van der Waals surface area contributed by atoms with Gasteiger partial charge in [-0.2, -0.15) is 0 Å². The minimum absolute atomic E-state index is 0.197. The second-order valence-corrected chi connectivity index (χ2v) is 9.41. The third-order valence-corrected chi connectivity index (χ3v) is 7.97. The van der Waals surface area contributed by atoms with Gasteiger partial charge < -0.3 is 0 Å². The molecule has 0 fully saturated rings. The maximum Gasteiger partial charge on any atom is 0.0536 e. The first kappa shape index (κ1) is 18.2. The van der Waals surface area contributed by atoms with Gasteiger partial charge in [-0.1, -0.05) is 115 Å². The summed E-state index contributed by atoms with van der Waals surface area (Å²) in [4.78, 5) is 0. The predicted octanol–water partition coefficient (Wildman–Crippen LogP) is 8.29. The number of rotatable bonds is 1. The smallest absolute Gasteiger partial charge is 0.0536 e. The van der Waals surface area contributed by atoms with Crippen LogP contribution in [0.1, 0.15) is 34.6 Å². The molecule has 7 rings (SSSR count). The average molecular weight is 429 g/mol. The lowest BCUT2D eigenvalue weighted by atomic mass is 9.67. The van der Waals surface area contributed by atoms with Crippen LogP contribution >= 0.6 is 11.6 Å². The van der Waals surface area contributed by atoms with E-state index in [9.17, 15) is 0 Å². The number of hydrogen-bond donors (Lipinski definition) is 0. The number of hydrogen-bond acceptors (Lipinski definition) is 0. The molecule has 0 saturated carbocycles. The van der Waals surface area contributed by atoms with Crippen LogP contribution in [-0.4, -0.2) is 0 Å². The van der Waals surface area contributed by atoms with E-state index in [1.54, 1.807) is 0 Å². The van der Waals surface area contributed by atoms with Crippen LogP contribution in [-0.2, 0) is 0 Å². The molecule has 0 amide bonds. The maximum atomic E-state index is 7.03. The van der Waals surface area contributed by atoms with E-state index in [1.807, 2.05) is 0 Å². The van der Waals surface area contributed by atoms with E-state index in [0.717, 1.165) is 11.5 Å². The van der Waals surface area contributed by atoms with Crippen LogP contribution in [0, 0.1) is 5.41 Å². The largest absolute Gasteiger partial charge is 0.0878 e. The van der Waals surface area contributed by atoms with Gasteiger partial charge in [-0.25, -0.2) is 0 Å². The molecule has 1 heteroatoms. The van der Waals surface area contributed by atoms with Crippen molar-refractivity contribution in [2.45, 2.75) is 12.3 Å². The molecule has 1 atom stereocenters. The van der Waals surface area contributed by atoms with Crippen LogP contribution in [0.5, 0.6) is 0 Å². The van der Waals surface area contributed by atoms with Crippen molar-refractivity contribution in [2.24, 2.45) is 5.41 Å². The fraction of sp³-hybridized carbons (Fsp3) is 0.0968. The van der Waals surface area contributed by atoms with E-state index in [0.29, 0.717) is 0 Å². The molecular formula is C31H21Cl. The van der Waals surface area contributed by atoms with Crippen molar-refractivity contribution in [3.63, 3.8) is 0 Å². The number of fused-ring (bicyclic) bond motifs is 7. The molecule has 3 aromatic carbocycles. The van der Waals surface area contributed by atoms with Crippen LogP contribution in [0.4, 0.5) is 0 Å². The summed E-state index contributed by atoms with van der Waals surface area (Å²) in [5.74, 6) is 0.197. The molecule has 0 bridgehead atoms. The third kappa shape index (κ3) is 2.23. The molecule has 0 radical (unpaired) electrons. The van der Waals surface area contributed by atoms with E-state index in [-0.39, 0.29) is 11.3 Å². The van der Waals surface area contributed by atoms with Crippen molar-refractivity contribution in [2.75, 3.05) is 0 Å². The zero-order valence-corrected chi connectivity index (χ0v) is 18.3. The lowest BCUT2D eigenvalue weighted by Crippen LogP contribution is -2.25. The Labute approximate surface area is 193 Å². The van der Waals surface area contributed by atoms with Crippen molar-refractivity contribution < 1.29 is 0 Å². The topological polar surface area (TPSA) is 0 Å². The summed E-state index contributed by atoms with van der Waals surface area (Å²) in [5.41, 5.74) is 12.0. The summed E-state index contributed by atoms with van der Waals surface area (Å²) in [6.07, 6.45) is 14.1. The lowest BCUT2D eigenvalue weighted by Gasteiger charge is -2.37. The lowest BCUT2D eigenvalue weighted by molar-refractivity contribution is 0.593. The molecule has 4 aliphatic rings. The van der Waals surface area contributed by atoms with E-state index >= 15 is 0 Å². The number of allylic oxidation sites excluding steroid dienone is 10. The molecule has 0 heterocycles. The molecule has 152 valence electrons. The average Bonchev–Trinajstić information content (AvgIpc) is 3.35. The highest BCUT2D eigenvalue weighted by Gasteiger charge is 2.47. The summed E-state index contributed by atoms with van der Waals surface area (Å²) in [6.45, 7) is 0. The minimum Gasteiger partial charge on any atom is -0.0878 e. The highest BCUT2D eigenvalue weighted by atomic mass is 35.5. The van der Waals surface area contributed by atoms with Crippen LogP contribution in [0.2, 0.25) is 0 Å². The number of benzene rings is 3. The SMILES string of the molecule is ClC1=CC=CCC12C=CC=C1C2=C(C2c3ccccc3-c3ccccc32)c2ccccc21. The van der Waals surface area contributed by atoms with Crippen molar-refractivity contribution in [1.29, 1.82) is 0 Å². The molecule has 0 aliphatic heterocycles. The standard InChI is InChI=1S/C31H21Cl/c32-27-17-7-8-18-31(27)19-9-16-26-22-12-3-6-15-25(22)29(30(26)31)28-23-13-4-1-10-20(23)21-11-2-5-14-24(21)28/h1-17,19,28H,18H2. The van der Waals surface area contributed by atoms with E-state index in [2.05, 4.69) is 109 Å². The molecule has 0 nitrogen and oxygen atoms in total. The van der Waals surface area contributed by atoms with Crippen molar-refractivity contribution in [3.05, 3.63) is 142 Å². The van der Waals surface area contributed by atoms with Gasteiger partial charge in [0, 0.05) is 11.0 Å². The Morgan fingerprint density at radius 3 is 2.00 bits per heavy atom. The first-order chi connectivity index (χ1) is 15.8. The molecule has 32 heavy (non-hydrogen) atoms. The predicted molar refractivity (Wildman–Crippen MR) is 134 cm³/mol. The van der Waals surface area contributed by atoms with Gasteiger partial charge >= 0.3 is 0 Å². The van der Waals surface area contributed by atoms with E-state index < -0.39 is 0 Å². The van der Waals surface area contributed by atoms with Gasteiger partial charge in [-0.15, -0.1) is 0 Å². The van der Waals surface area contributed by atoms with Gasteiger partial charge in [0.1, 0.15) is 0 Å². The summed E-state index contributed by atoms with van der Waals surface area (Å²) in [5, 5.41) is 0.904. The Kier molecular flexibility index (Phi) is 3.75. The van der Waals surface area contributed by atoms with Gasteiger partial charge in [0.05, 0.1) is 5.41 Å². The van der Waals surface area contributed by atoms with Crippen LogP contribution in [0.25, 0.3) is 22.3 Å². The fourth-order valence-electron chi connectivity index (χ4n) is 6.20. The van der Waals surface area contributed by atoms with Gasteiger partial charge in [0.25, 0.3) is 0 Å². The quantitative estimate of drug-likeness (QED) is 0.365. The van der Waals surface area contributed by atoms with Crippen molar-refractivity contribution >= 4 is 22.7 Å². The van der Waals surface area contributed by atoms with Crippen LogP contribution in [0.3, 0.4) is 0 Å². The molecule has 1 spiro atoms. The van der Waals surface area contributed by atoms with Gasteiger partial charge in [-0.05, 0) is 62.6 Å². The Morgan fingerprint density at radius 1 is 0.688 bits per heavy atom. The zero-order valence-electron chi connectivity index (χ0n) is 17.6. The second kappa shape index (κ2) is 6.58. The monoisotopic (exact) mass is 428 g/mol. The highest BCUT2D eigenvalue weighted by Crippen LogP contribution is 2.63. The van der Waals surface area contributed by atoms with E-state index in [4.69, 9.17) is 11.6 Å². The fourth-order valence-corrected chi connectivity index (χ4v) is 6.51. The molecule has 0 aromatic heterocycles. The summed E-state index contributed by atoms with van der Waals surface area (Å²) in [6, 6.07) is 26.7. The van der Waals surface area contributed by atoms with Crippen LogP contribution in [0.15, 0.2) is 120 Å². The van der Waals surface area contributed by atoms with Crippen LogP contribution < -0.4 is 0 Å². The molecule has 4 aliphatic carbocycles. The molecule has 0 N–H and O–H groups in total. The Balaban J connectivity index is 1.60. The minimum atomic E-state index is -0.304. The van der Waals surface area contributed by atoms with Crippen molar-refractivity contribution in [3.8, 4) is 11.1 Å². The first-order valence-corrected chi connectivity index (χ1v) is 11.6. The van der Waals surface area contributed by atoms with Crippen molar-refractivity contribution in [1.82, 2.24) is 0 Å². The molecule has 3 aromatic rings. The summed E-state index contributed by atoms with van der Waals surface area (Å²) < 4.78 is 0. The first-order valence-electron chi connectivity index (χ1n) is 11.2. The van der Waals surface area contributed by atoms with Gasteiger partial charge in [0.15, 0.2) is 0 Å². The highest BCUT2D eigenvalue weighted by molar-refractivity contribution is 6.31. The van der Waals surface area contributed by atoms with Gasteiger partial charge in [0.2, 0.25) is 0 Å². The van der Waals surface area contributed by atoms with Gasteiger partial charge in [-0.3, -0.25) is 0 Å². The maximum absolute atomic E-state index is 7.03. The second-order valence-electron chi connectivity index (χ2n) is 9.00. The molecular weight excluding hydrogens is 408 g/mol. The summed E-state index contributed by atoms with van der Waals surface area (Å²) in [7, 11) is 0. The Morgan fingerprint density at radius 2 is 1.31 bits per heavy atom. The normalized spacial score (nSPS) is 22.4. The Bertz CT molecular complexity index is 1410. The molecule has 0 saturated heterocycles. The Hall–Kier alpha value is -3.35. The zero-order chi connectivity index (χ0) is 21.3. The van der Waals surface area contributed by atoms with E-state index in [1.165, 1.54) is 50.1 Å². The molecule has 1 unspecified atom stereocenters. The third-order valence-electron chi connectivity index (χ3n) is 7.50.